The lowest BCUT2D eigenvalue weighted by Crippen LogP contribution is -2.54. The molecule has 3 rings (SSSR count). The number of hydrogen-bond acceptors (Lipinski definition) is 5. The Morgan fingerprint density at radius 2 is 2.04 bits per heavy atom. The first-order chi connectivity index (χ1) is 11.5. The quantitative estimate of drug-likeness (QED) is 0.644. The molecule has 2 aliphatic heterocycles. The number of carbonyl (C=O) groups is 4. The third-order valence-electron chi connectivity index (χ3n) is 3.91. The summed E-state index contributed by atoms with van der Waals surface area (Å²) in [6.07, 6.45) is 0.201. The summed E-state index contributed by atoms with van der Waals surface area (Å²) in [6, 6.07) is 3.71. The fourth-order valence-electron chi connectivity index (χ4n) is 2.79. The molecular weight excluding hydrogens is 312 g/mol. The molecule has 0 saturated carbocycles. The molecule has 0 aliphatic carbocycles. The molecule has 1 aromatic rings. The number of hydrogen-bond donors (Lipinski definition) is 1. The number of rotatable bonds is 3. The average Bonchev–Trinajstić information content (AvgIpc) is 2.81. The minimum absolute atomic E-state index is 0.0826. The van der Waals surface area contributed by atoms with Gasteiger partial charge in [-0.15, -0.1) is 5.92 Å². The summed E-state index contributed by atoms with van der Waals surface area (Å²) >= 11 is 0. The Balaban J connectivity index is 1.93. The lowest BCUT2D eigenvalue weighted by Gasteiger charge is -2.27. The van der Waals surface area contributed by atoms with Crippen molar-refractivity contribution in [3.63, 3.8) is 0 Å². The summed E-state index contributed by atoms with van der Waals surface area (Å²) in [5, 5.41) is 2.16. The van der Waals surface area contributed by atoms with E-state index in [0.717, 1.165) is 4.90 Å². The molecule has 2 heterocycles. The first-order valence-corrected chi connectivity index (χ1v) is 7.41. The van der Waals surface area contributed by atoms with Crippen molar-refractivity contribution in [1.29, 1.82) is 0 Å². The van der Waals surface area contributed by atoms with E-state index in [0.29, 0.717) is 0 Å². The Kier molecular flexibility index (Phi) is 4.04. The molecule has 0 aromatic heterocycles. The maximum absolute atomic E-state index is 12.7. The second-order valence-corrected chi connectivity index (χ2v) is 5.34. The van der Waals surface area contributed by atoms with Gasteiger partial charge in [0.2, 0.25) is 11.8 Å². The summed E-state index contributed by atoms with van der Waals surface area (Å²) in [6.45, 7) is 1.75. The van der Waals surface area contributed by atoms with Crippen LogP contribution in [0.25, 0.3) is 0 Å². The number of benzene rings is 1. The molecule has 1 saturated heterocycles. The number of fused-ring (bicyclic) bond motifs is 1. The fourth-order valence-corrected chi connectivity index (χ4v) is 2.79. The lowest BCUT2D eigenvalue weighted by molar-refractivity contribution is -0.136. The summed E-state index contributed by atoms with van der Waals surface area (Å²) in [7, 11) is 0. The standard InChI is InChI=1S/C17H14N2O5/c1-2-3-9-24-12-6-4-5-10-14(12)17(23)19(16(10)22)11-7-8-13(20)18-15(11)21/h4-6,11H,7-9H2,1H3,(H,18,20,21). The number of carbonyl (C=O) groups excluding carboxylic acids is 4. The molecule has 24 heavy (non-hydrogen) atoms. The lowest BCUT2D eigenvalue weighted by atomic mass is 10.0. The van der Waals surface area contributed by atoms with E-state index >= 15 is 0 Å². The Hall–Kier alpha value is -3.14. The maximum Gasteiger partial charge on any atom is 0.266 e. The zero-order valence-electron chi connectivity index (χ0n) is 12.9. The highest BCUT2D eigenvalue weighted by Gasteiger charge is 2.45. The highest BCUT2D eigenvalue weighted by molar-refractivity contribution is 6.24. The Morgan fingerprint density at radius 1 is 1.25 bits per heavy atom. The van der Waals surface area contributed by atoms with Crippen LogP contribution in [-0.4, -0.2) is 41.2 Å². The van der Waals surface area contributed by atoms with Crippen LogP contribution < -0.4 is 10.1 Å². The van der Waals surface area contributed by atoms with E-state index in [1.54, 1.807) is 19.1 Å². The molecule has 2 aliphatic rings. The molecule has 1 atom stereocenters. The summed E-state index contributed by atoms with van der Waals surface area (Å²) in [4.78, 5) is 49.5. The zero-order chi connectivity index (χ0) is 17.3. The van der Waals surface area contributed by atoms with Crippen molar-refractivity contribution in [2.75, 3.05) is 6.61 Å². The number of nitrogens with one attached hydrogen (secondary N) is 1. The normalized spacial score (nSPS) is 19.5. The van der Waals surface area contributed by atoms with Gasteiger partial charge in [0, 0.05) is 6.42 Å². The number of ether oxygens (including phenoxy) is 1. The van der Waals surface area contributed by atoms with Crippen LogP contribution in [0.3, 0.4) is 0 Å². The van der Waals surface area contributed by atoms with E-state index in [2.05, 4.69) is 17.2 Å². The number of nitrogens with zero attached hydrogens (tertiary/aromatic N) is 1. The van der Waals surface area contributed by atoms with Crippen molar-refractivity contribution >= 4 is 23.6 Å². The molecule has 1 N–H and O–H groups in total. The van der Waals surface area contributed by atoms with Gasteiger partial charge in [-0.1, -0.05) is 12.0 Å². The number of imide groups is 2. The summed E-state index contributed by atoms with van der Waals surface area (Å²) in [5.74, 6) is 3.45. The van der Waals surface area contributed by atoms with Crippen LogP contribution in [0.5, 0.6) is 5.75 Å². The molecule has 1 unspecified atom stereocenters. The molecule has 122 valence electrons. The van der Waals surface area contributed by atoms with E-state index in [-0.39, 0.29) is 36.3 Å². The van der Waals surface area contributed by atoms with Gasteiger partial charge in [0.15, 0.2) is 0 Å². The number of amides is 4. The van der Waals surface area contributed by atoms with Gasteiger partial charge in [-0.3, -0.25) is 29.4 Å². The van der Waals surface area contributed by atoms with Crippen LogP contribution in [-0.2, 0) is 9.59 Å². The Labute approximate surface area is 138 Å². The molecule has 1 aromatic carbocycles. The molecule has 0 radical (unpaired) electrons. The van der Waals surface area contributed by atoms with Crippen molar-refractivity contribution in [2.45, 2.75) is 25.8 Å². The minimum Gasteiger partial charge on any atom is -0.480 e. The highest BCUT2D eigenvalue weighted by atomic mass is 16.5. The largest absolute Gasteiger partial charge is 0.480 e. The second kappa shape index (κ2) is 6.16. The molecule has 0 bridgehead atoms. The van der Waals surface area contributed by atoms with Gasteiger partial charge < -0.3 is 4.74 Å². The van der Waals surface area contributed by atoms with Crippen molar-refractivity contribution in [1.82, 2.24) is 10.2 Å². The average molecular weight is 326 g/mol. The van der Waals surface area contributed by atoms with Crippen molar-refractivity contribution in [3.05, 3.63) is 29.3 Å². The predicted molar refractivity (Wildman–Crippen MR) is 82.1 cm³/mol. The molecule has 7 nitrogen and oxygen atoms in total. The monoisotopic (exact) mass is 326 g/mol. The SMILES string of the molecule is CC#CCOc1cccc2c1C(=O)N(C1CCC(=O)NC1=O)C2=O. The molecule has 7 heteroatoms. The van der Waals surface area contributed by atoms with Gasteiger partial charge in [0.05, 0.1) is 11.1 Å². The van der Waals surface area contributed by atoms with E-state index in [1.165, 1.54) is 6.07 Å². The van der Waals surface area contributed by atoms with Crippen LogP contribution >= 0.6 is 0 Å². The van der Waals surface area contributed by atoms with Gasteiger partial charge in [-0.25, -0.2) is 0 Å². The smallest absolute Gasteiger partial charge is 0.266 e. The van der Waals surface area contributed by atoms with Gasteiger partial charge in [0.25, 0.3) is 11.8 Å². The molecule has 4 amide bonds. The number of piperidine rings is 1. The van der Waals surface area contributed by atoms with Crippen LogP contribution in [0.1, 0.15) is 40.5 Å². The second-order valence-electron chi connectivity index (χ2n) is 5.34. The van der Waals surface area contributed by atoms with Crippen LogP contribution in [0.4, 0.5) is 0 Å². The Bertz CT molecular complexity index is 818. The van der Waals surface area contributed by atoms with Crippen molar-refractivity contribution in [3.8, 4) is 17.6 Å². The van der Waals surface area contributed by atoms with E-state index in [1.807, 2.05) is 0 Å². The summed E-state index contributed by atoms with van der Waals surface area (Å²) in [5.41, 5.74) is 0.316. The first kappa shape index (κ1) is 15.7. The Morgan fingerprint density at radius 3 is 2.75 bits per heavy atom. The van der Waals surface area contributed by atoms with Crippen LogP contribution in [0.2, 0.25) is 0 Å². The highest BCUT2D eigenvalue weighted by Crippen LogP contribution is 2.33. The van der Waals surface area contributed by atoms with Crippen LogP contribution in [0, 0.1) is 11.8 Å². The van der Waals surface area contributed by atoms with Gasteiger partial charge in [-0.05, 0) is 25.5 Å². The predicted octanol–water partition coefficient (Wildman–Crippen LogP) is 0.490. The zero-order valence-corrected chi connectivity index (χ0v) is 12.9. The van der Waals surface area contributed by atoms with Gasteiger partial charge in [0.1, 0.15) is 18.4 Å². The van der Waals surface area contributed by atoms with Gasteiger partial charge >= 0.3 is 0 Å². The first-order valence-electron chi connectivity index (χ1n) is 7.41. The van der Waals surface area contributed by atoms with E-state index < -0.39 is 29.7 Å². The maximum atomic E-state index is 12.7. The van der Waals surface area contributed by atoms with E-state index in [9.17, 15) is 19.2 Å². The molecular formula is C17H14N2O5. The van der Waals surface area contributed by atoms with Crippen molar-refractivity contribution in [2.24, 2.45) is 0 Å². The van der Waals surface area contributed by atoms with Crippen molar-refractivity contribution < 1.29 is 23.9 Å². The summed E-state index contributed by atoms with van der Waals surface area (Å²) < 4.78 is 5.46. The van der Waals surface area contributed by atoms with E-state index in [4.69, 9.17) is 4.74 Å². The molecule has 0 spiro atoms. The molecule has 1 fully saturated rings. The van der Waals surface area contributed by atoms with Gasteiger partial charge in [-0.2, -0.15) is 0 Å². The topological polar surface area (TPSA) is 92.8 Å². The minimum atomic E-state index is -0.988. The fraction of sp³-hybridized carbons (Fsp3) is 0.294. The van der Waals surface area contributed by atoms with Crippen LogP contribution in [0.15, 0.2) is 18.2 Å². The third-order valence-corrected chi connectivity index (χ3v) is 3.91. The third kappa shape index (κ3) is 2.52.